The summed E-state index contributed by atoms with van der Waals surface area (Å²) in [6.45, 7) is 7.20. The van der Waals surface area contributed by atoms with E-state index in [-0.39, 0.29) is 22.6 Å². The van der Waals surface area contributed by atoms with Crippen LogP contribution in [-0.2, 0) is 39.4 Å². The summed E-state index contributed by atoms with van der Waals surface area (Å²) in [4.78, 5) is 19.2. The summed E-state index contributed by atoms with van der Waals surface area (Å²) in [5, 5.41) is 0. The van der Waals surface area contributed by atoms with Gasteiger partial charge < -0.3 is 9.32 Å². The van der Waals surface area contributed by atoms with Crippen LogP contribution in [0.1, 0.15) is 43.7 Å². The Morgan fingerprint density at radius 2 is 1.88 bits per heavy atom. The summed E-state index contributed by atoms with van der Waals surface area (Å²) in [6.07, 6.45) is 2.07. The molecule has 7 heteroatoms. The summed E-state index contributed by atoms with van der Waals surface area (Å²) in [7, 11) is -3.23. The molecule has 1 amide bonds. The van der Waals surface area contributed by atoms with Gasteiger partial charge in [0.1, 0.15) is 11.5 Å². The number of hydrogen-bond donors (Lipinski definition) is 0. The Morgan fingerprint density at radius 3 is 2.46 bits per heavy atom. The molecule has 1 aliphatic rings. The van der Waals surface area contributed by atoms with Crippen LogP contribution in [0.2, 0.25) is 0 Å². The van der Waals surface area contributed by atoms with Crippen molar-refractivity contribution in [3.63, 3.8) is 0 Å². The van der Waals surface area contributed by atoms with Crippen molar-refractivity contribution in [1.82, 2.24) is 9.88 Å². The molecule has 0 fully saturated rings. The summed E-state index contributed by atoms with van der Waals surface area (Å²) < 4.78 is 28.9. The first kappa shape index (κ1) is 18.6. The van der Waals surface area contributed by atoms with E-state index in [1.54, 1.807) is 29.2 Å². The van der Waals surface area contributed by atoms with Crippen LogP contribution in [0, 0.1) is 0 Å². The quantitative estimate of drug-likeness (QED) is 0.822. The lowest BCUT2D eigenvalue weighted by Crippen LogP contribution is -2.36. The molecule has 1 aromatic carbocycles. The monoisotopic (exact) mass is 376 g/mol. The number of carbonyl (C=O) groups excluding carboxylic acids is 1. The fourth-order valence-corrected chi connectivity index (χ4v) is 3.50. The first-order valence-electron chi connectivity index (χ1n) is 8.60. The number of amides is 1. The molecule has 3 rings (SSSR count). The highest BCUT2D eigenvalue weighted by Crippen LogP contribution is 2.27. The molecule has 1 aromatic heterocycles. The number of sulfone groups is 1. The number of fused-ring (bicyclic) bond motifs is 1. The third kappa shape index (κ3) is 3.98. The number of rotatable bonds is 3. The second-order valence-corrected chi connectivity index (χ2v) is 9.81. The van der Waals surface area contributed by atoms with E-state index in [0.717, 1.165) is 17.0 Å². The summed E-state index contributed by atoms with van der Waals surface area (Å²) >= 11 is 0. The number of aromatic nitrogens is 1. The van der Waals surface area contributed by atoms with Crippen LogP contribution in [-0.4, -0.2) is 37.0 Å². The van der Waals surface area contributed by atoms with Gasteiger partial charge in [-0.1, -0.05) is 32.9 Å². The third-order valence-corrected chi connectivity index (χ3v) is 5.56. The highest BCUT2D eigenvalue weighted by molar-refractivity contribution is 7.90. The SMILES string of the molecule is CC(C)(C)c1nc2c(o1)CCN(C(=O)Cc1ccc(S(C)(=O)=O)cc1)C2. The minimum Gasteiger partial charge on any atom is -0.445 e. The van der Waals surface area contributed by atoms with Crippen molar-refractivity contribution in [1.29, 1.82) is 0 Å². The molecule has 1 aliphatic heterocycles. The Morgan fingerprint density at radius 1 is 1.23 bits per heavy atom. The van der Waals surface area contributed by atoms with E-state index < -0.39 is 9.84 Å². The van der Waals surface area contributed by atoms with Gasteiger partial charge in [-0.15, -0.1) is 0 Å². The van der Waals surface area contributed by atoms with Gasteiger partial charge in [0.05, 0.1) is 17.9 Å². The molecule has 6 nitrogen and oxygen atoms in total. The van der Waals surface area contributed by atoms with Crippen molar-refractivity contribution < 1.29 is 17.6 Å². The van der Waals surface area contributed by atoms with Crippen LogP contribution in [0.15, 0.2) is 33.6 Å². The molecule has 0 N–H and O–H groups in total. The lowest BCUT2D eigenvalue weighted by molar-refractivity contribution is -0.131. The highest BCUT2D eigenvalue weighted by atomic mass is 32.2. The maximum atomic E-state index is 12.6. The number of carbonyl (C=O) groups is 1. The number of benzene rings is 1. The summed E-state index contributed by atoms with van der Waals surface area (Å²) in [6, 6.07) is 6.47. The van der Waals surface area contributed by atoms with E-state index in [1.807, 2.05) is 20.8 Å². The molecule has 0 atom stereocenters. The molecular weight excluding hydrogens is 352 g/mol. The molecule has 0 spiro atoms. The molecule has 0 aliphatic carbocycles. The van der Waals surface area contributed by atoms with Gasteiger partial charge in [0.15, 0.2) is 15.7 Å². The van der Waals surface area contributed by atoms with E-state index in [4.69, 9.17) is 4.42 Å². The average molecular weight is 376 g/mol. The zero-order valence-corrected chi connectivity index (χ0v) is 16.4. The number of hydrogen-bond acceptors (Lipinski definition) is 5. The van der Waals surface area contributed by atoms with Crippen molar-refractivity contribution in [2.24, 2.45) is 0 Å². The van der Waals surface area contributed by atoms with Crippen molar-refractivity contribution in [3.8, 4) is 0 Å². The van der Waals surface area contributed by atoms with Crippen LogP contribution in [0.25, 0.3) is 0 Å². The fraction of sp³-hybridized carbons (Fsp3) is 0.474. The molecule has 0 unspecified atom stereocenters. The van der Waals surface area contributed by atoms with E-state index in [2.05, 4.69) is 4.98 Å². The normalized spacial score (nSPS) is 15.0. The molecule has 0 bridgehead atoms. The Kier molecular flexibility index (Phi) is 4.69. The molecule has 26 heavy (non-hydrogen) atoms. The van der Waals surface area contributed by atoms with Gasteiger partial charge in [-0.25, -0.2) is 13.4 Å². The second kappa shape index (κ2) is 6.54. The smallest absolute Gasteiger partial charge is 0.227 e. The first-order chi connectivity index (χ1) is 12.0. The highest BCUT2D eigenvalue weighted by Gasteiger charge is 2.29. The van der Waals surface area contributed by atoms with Gasteiger partial charge in [-0.05, 0) is 17.7 Å². The van der Waals surface area contributed by atoms with Crippen LogP contribution in [0.4, 0.5) is 0 Å². The molecule has 140 valence electrons. The standard InChI is InChI=1S/C19H24N2O4S/c1-19(2,3)18-20-15-12-21(10-9-16(15)25-18)17(22)11-13-5-7-14(8-6-13)26(4,23)24/h5-8H,9-12H2,1-4H3. The Labute approximate surface area is 154 Å². The molecule has 2 aromatic rings. The largest absolute Gasteiger partial charge is 0.445 e. The predicted octanol–water partition coefficient (Wildman–Crippen LogP) is 2.50. The van der Waals surface area contributed by atoms with Crippen LogP contribution in [0.5, 0.6) is 0 Å². The zero-order chi connectivity index (χ0) is 19.1. The van der Waals surface area contributed by atoms with E-state index >= 15 is 0 Å². The van der Waals surface area contributed by atoms with Gasteiger partial charge >= 0.3 is 0 Å². The van der Waals surface area contributed by atoms with Gasteiger partial charge in [0.25, 0.3) is 0 Å². The topological polar surface area (TPSA) is 80.5 Å². The van der Waals surface area contributed by atoms with Crippen molar-refractivity contribution >= 4 is 15.7 Å². The van der Waals surface area contributed by atoms with E-state index in [0.29, 0.717) is 25.4 Å². The molecule has 0 saturated heterocycles. The van der Waals surface area contributed by atoms with Gasteiger partial charge in [-0.2, -0.15) is 0 Å². The fourth-order valence-electron chi connectivity index (χ4n) is 2.87. The second-order valence-electron chi connectivity index (χ2n) is 7.80. The molecule has 2 heterocycles. The Balaban J connectivity index is 1.69. The van der Waals surface area contributed by atoms with Crippen molar-refractivity contribution in [2.45, 2.75) is 50.5 Å². The average Bonchev–Trinajstić information content (AvgIpc) is 2.98. The van der Waals surface area contributed by atoms with Crippen LogP contribution < -0.4 is 0 Å². The van der Waals surface area contributed by atoms with Crippen LogP contribution in [0.3, 0.4) is 0 Å². The maximum Gasteiger partial charge on any atom is 0.227 e. The predicted molar refractivity (Wildman–Crippen MR) is 97.6 cm³/mol. The van der Waals surface area contributed by atoms with Gasteiger partial charge in [0.2, 0.25) is 5.91 Å². The molecule has 0 saturated carbocycles. The number of nitrogens with zero attached hydrogens (tertiary/aromatic N) is 2. The van der Waals surface area contributed by atoms with Crippen molar-refractivity contribution in [2.75, 3.05) is 12.8 Å². The minimum absolute atomic E-state index is 0.00284. The molecular formula is C19H24N2O4S. The lowest BCUT2D eigenvalue weighted by atomic mass is 9.97. The van der Waals surface area contributed by atoms with E-state index in [9.17, 15) is 13.2 Å². The minimum atomic E-state index is -3.23. The molecule has 0 radical (unpaired) electrons. The van der Waals surface area contributed by atoms with Gasteiger partial charge in [-0.3, -0.25) is 4.79 Å². The number of oxazole rings is 1. The summed E-state index contributed by atoms with van der Waals surface area (Å²) in [5.41, 5.74) is 1.47. The summed E-state index contributed by atoms with van der Waals surface area (Å²) in [5.74, 6) is 1.58. The van der Waals surface area contributed by atoms with E-state index in [1.165, 1.54) is 6.26 Å². The van der Waals surface area contributed by atoms with Crippen molar-refractivity contribution in [3.05, 3.63) is 47.2 Å². The van der Waals surface area contributed by atoms with Crippen LogP contribution >= 0.6 is 0 Å². The third-order valence-electron chi connectivity index (χ3n) is 4.43. The zero-order valence-electron chi connectivity index (χ0n) is 15.6. The Bertz CT molecular complexity index is 921. The maximum absolute atomic E-state index is 12.6. The lowest BCUT2D eigenvalue weighted by Gasteiger charge is -2.25. The first-order valence-corrected chi connectivity index (χ1v) is 10.5. The van der Waals surface area contributed by atoms with Gasteiger partial charge in [0, 0.05) is 24.6 Å². The Hall–Kier alpha value is -2.15.